The highest BCUT2D eigenvalue weighted by molar-refractivity contribution is 7.99. The van der Waals surface area contributed by atoms with Crippen LogP contribution in [0.25, 0.3) is 0 Å². The van der Waals surface area contributed by atoms with Crippen LogP contribution in [-0.4, -0.2) is 31.4 Å². The monoisotopic (exact) mass is 397 g/mol. The van der Waals surface area contributed by atoms with E-state index in [9.17, 15) is 9.59 Å². The number of carbonyl (C=O) groups excluding carboxylic acids is 1. The molecule has 0 fully saturated rings. The first kappa shape index (κ1) is 19.9. The number of aromatic nitrogens is 4. The van der Waals surface area contributed by atoms with E-state index in [2.05, 4.69) is 20.5 Å². The molecule has 28 heavy (non-hydrogen) atoms. The lowest BCUT2D eigenvalue weighted by molar-refractivity contribution is -0.118. The van der Waals surface area contributed by atoms with Gasteiger partial charge in [0, 0.05) is 17.8 Å². The van der Waals surface area contributed by atoms with Gasteiger partial charge in [0.2, 0.25) is 5.91 Å². The van der Waals surface area contributed by atoms with Gasteiger partial charge in [-0.15, -0.1) is 10.2 Å². The number of benzene rings is 1. The SMILES string of the molecule is Cc1cc(C)c(CNC(=O)CSc2nnc(C)n2Cc2ccccc2)c(=O)[nH]1. The minimum atomic E-state index is -0.163. The van der Waals surface area contributed by atoms with Gasteiger partial charge in [-0.3, -0.25) is 9.59 Å². The van der Waals surface area contributed by atoms with Crippen LogP contribution in [0, 0.1) is 20.8 Å². The number of carbonyl (C=O) groups is 1. The van der Waals surface area contributed by atoms with Crippen LogP contribution in [0.5, 0.6) is 0 Å². The van der Waals surface area contributed by atoms with Crippen molar-refractivity contribution in [1.82, 2.24) is 25.1 Å². The minimum absolute atomic E-state index is 0.156. The van der Waals surface area contributed by atoms with Gasteiger partial charge in [-0.25, -0.2) is 0 Å². The fraction of sp³-hybridized carbons (Fsp3) is 0.300. The number of thioether (sulfide) groups is 1. The number of pyridine rings is 1. The van der Waals surface area contributed by atoms with Crippen LogP contribution in [-0.2, 0) is 17.9 Å². The first-order chi connectivity index (χ1) is 13.4. The Morgan fingerprint density at radius 1 is 1.18 bits per heavy atom. The summed E-state index contributed by atoms with van der Waals surface area (Å²) in [7, 11) is 0. The normalized spacial score (nSPS) is 10.8. The molecular formula is C20H23N5O2S. The second-order valence-electron chi connectivity index (χ2n) is 6.61. The van der Waals surface area contributed by atoms with Crippen molar-refractivity contribution in [1.29, 1.82) is 0 Å². The van der Waals surface area contributed by atoms with Gasteiger partial charge in [0.15, 0.2) is 5.16 Å². The zero-order chi connectivity index (χ0) is 20.1. The third-order valence-electron chi connectivity index (χ3n) is 4.37. The first-order valence-electron chi connectivity index (χ1n) is 8.96. The Labute approximate surface area is 167 Å². The molecule has 8 heteroatoms. The van der Waals surface area contributed by atoms with Crippen molar-refractivity contribution in [3.63, 3.8) is 0 Å². The third-order valence-corrected chi connectivity index (χ3v) is 5.34. The molecule has 3 aromatic rings. The summed E-state index contributed by atoms with van der Waals surface area (Å²) in [4.78, 5) is 27.1. The minimum Gasteiger partial charge on any atom is -0.351 e. The van der Waals surface area contributed by atoms with Crippen molar-refractivity contribution in [2.24, 2.45) is 0 Å². The molecule has 0 bridgehead atoms. The largest absolute Gasteiger partial charge is 0.351 e. The lowest BCUT2D eigenvalue weighted by Gasteiger charge is -2.09. The number of aromatic amines is 1. The summed E-state index contributed by atoms with van der Waals surface area (Å²) in [6.45, 7) is 6.46. The predicted octanol–water partition coefficient (Wildman–Crippen LogP) is 2.35. The molecule has 0 aliphatic rings. The standard InChI is InChI=1S/C20H23N5O2S/c1-13-9-14(2)22-19(27)17(13)10-21-18(26)12-28-20-24-23-15(3)25(20)11-16-7-5-4-6-8-16/h4-9H,10-12H2,1-3H3,(H,21,26)(H,22,27). The molecule has 2 aromatic heterocycles. The highest BCUT2D eigenvalue weighted by Gasteiger charge is 2.13. The number of amides is 1. The average Bonchev–Trinajstić information content (AvgIpc) is 3.00. The topological polar surface area (TPSA) is 92.7 Å². The summed E-state index contributed by atoms with van der Waals surface area (Å²) < 4.78 is 1.99. The number of nitrogens with one attached hydrogen (secondary N) is 2. The van der Waals surface area contributed by atoms with E-state index in [1.807, 2.05) is 61.7 Å². The van der Waals surface area contributed by atoms with Gasteiger partial charge in [0.1, 0.15) is 5.82 Å². The number of H-pyrrole nitrogens is 1. The van der Waals surface area contributed by atoms with Gasteiger partial charge in [0.05, 0.1) is 12.3 Å². The highest BCUT2D eigenvalue weighted by atomic mass is 32.2. The Morgan fingerprint density at radius 3 is 2.64 bits per heavy atom. The molecule has 2 heterocycles. The van der Waals surface area contributed by atoms with Gasteiger partial charge in [0.25, 0.3) is 5.56 Å². The van der Waals surface area contributed by atoms with Gasteiger partial charge < -0.3 is 14.9 Å². The van der Waals surface area contributed by atoms with Crippen LogP contribution in [0.3, 0.4) is 0 Å². The van der Waals surface area contributed by atoms with E-state index < -0.39 is 0 Å². The number of nitrogens with zero attached hydrogens (tertiary/aromatic N) is 3. The van der Waals surface area contributed by atoms with Crippen molar-refractivity contribution in [2.45, 2.75) is 39.0 Å². The number of aryl methyl sites for hydroxylation is 3. The Bertz CT molecular complexity index is 1030. The van der Waals surface area contributed by atoms with Crippen molar-refractivity contribution in [3.8, 4) is 0 Å². The van der Waals surface area contributed by atoms with Crippen molar-refractivity contribution < 1.29 is 4.79 Å². The maximum absolute atomic E-state index is 12.3. The van der Waals surface area contributed by atoms with E-state index in [1.165, 1.54) is 11.8 Å². The second kappa shape index (κ2) is 8.88. The Hall–Kier alpha value is -2.87. The summed E-state index contributed by atoms with van der Waals surface area (Å²) >= 11 is 1.33. The Kier molecular flexibility index (Phi) is 6.30. The number of hydrogen-bond acceptors (Lipinski definition) is 5. The maximum atomic E-state index is 12.3. The van der Waals surface area contributed by atoms with Crippen molar-refractivity contribution >= 4 is 17.7 Å². The van der Waals surface area contributed by atoms with Crippen molar-refractivity contribution in [3.05, 3.63) is 75.0 Å². The summed E-state index contributed by atoms with van der Waals surface area (Å²) in [6, 6.07) is 11.9. The van der Waals surface area contributed by atoms with Gasteiger partial charge in [-0.2, -0.15) is 0 Å². The summed E-state index contributed by atoms with van der Waals surface area (Å²) in [5.74, 6) is 0.847. The Balaban J connectivity index is 1.59. The molecule has 0 unspecified atom stereocenters. The van der Waals surface area contributed by atoms with Crippen LogP contribution < -0.4 is 10.9 Å². The average molecular weight is 398 g/mol. The third kappa shape index (κ3) is 4.89. The van der Waals surface area contributed by atoms with Gasteiger partial charge in [-0.05, 0) is 38.0 Å². The molecule has 0 aliphatic heterocycles. The summed E-state index contributed by atoms with van der Waals surface area (Å²) in [5, 5.41) is 11.8. The molecule has 2 N–H and O–H groups in total. The predicted molar refractivity (Wildman–Crippen MR) is 109 cm³/mol. The maximum Gasteiger partial charge on any atom is 0.253 e. The van der Waals surface area contributed by atoms with Gasteiger partial charge >= 0.3 is 0 Å². The van der Waals surface area contributed by atoms with Gasteiger partial charge in [-0.1, -0.05) is 42.1 Å². The molecule has 0 aliphatic carbocycles. The molecule has 3 rings (SSSR count). The molecule has 7 nitrogen and oxygen atoms in total. The zero-order valence-corrected chi connectivity index (χ0v) is 17.0. The molecule has 0 spiro atoms. The lowest BCUT2D eigenvalue weighted by Crippen LogP contribution is -2.29. The molecule has 0 atom stereocenters. The molecule has 1 amide bonds. The van der Waals surface area contributed by atoms with E-state index in [0.29, 0.717) is 17.3 Å². The van der Waals surface area contributed by atoms with E-state index >= 15 is 0 Å². The molecule has 0 saturated carbocycles. The smallest absolute Gasteiger partial charge is 0.253 e. The summed E-state index contributed by atoms with van der Waals surface area (Å²) in [6.07, 6.45) is 0. The first-order valence-corrected chi connectivity index (χ1v) is 9.95. The highest BCUT2D eigenvalue weighted by Crippen LogP contribution is 2.18. The molecule has 0 radical (unpaired) electrons. The molecular weight excluding hydrogens is 374 g/mol. The molecule has 0 saturated heterocycles. The number of rotatable bonds is 7. The quantitative estimate of drug-likeness (QED) is 0.597. The Morgan fingerprint density at radius 2 is 1.93 bits per heavy atom. The van der Waals surface area contributed by atoms with Crippen molar-refractivity contribution in [2.75, 3.05) is 5.75 Å². The fourth-order valence-electron chi connectivity index (χ4n) is 2.89. The van der Waals surface area contributed by atoms with E-state index in [1.54, 1.807) is 0 Å². The van der Waals surface area contributed by atoms with Crippen LogP contribution in [0.1, 0.15) is 28.2 Å². The molecule has 146 valence electrons. The zero-order valence-electron chi connectivity index (χ0n) is 16.2. The van der Waals surface area contributed by atoms with Crippen LogP contribution in [0.2, 0.25) is 0 Å². The van der Waals surface area contributed by atoms with Crippen LogP contribution in [0.4, 0.5) is 0 Å². The van der Waals surface area contributed by atoms with E-state index in [4.69, 9.17) is 0 Å². The second-order valence-corrected chi connectivity index (χ2v) is 7.55. The van der Waals surface area contributed by atoms with E-state index in [0.717, 1.165) is 22.6 Å². The lowest BCUT2D eigenvalue weighted by atomic mass is 10.1. The van der Waals surface area contributed by atoms with Crippen LogP contribution >= 0.6 is 11.8 Å². The number of hydrogen-bond donors (Lipinski definition) is 2. The van der Waals surface area contributed by atoms with E-state index in [-0.39, 0.29) is 23.8 Å². The van der Waals surface area contributed by atoms with Crippen LogP contribution in [0.15, 0.2) is 46.3 Å². The summed E-state index contributed by atoms with van der Waals surface area (Å²) in [5.41, 5.74) is 3.23. The molecule has 1 aromatic carbocycles. The fourth-order valence-corrected chi connectivity index (χ4v) is 3.70.